The highest BCUT2D eigenvalue weighted by Crippen LogP contribution is 1.67. The van der Waals surface area contributed by atoms with Crippen molar-refractivity contribution in [2.75, 3.05) is 0 Å². The third kappa shape index (κ3) is 728. The lowest BCUT2D eigenvalue weighted by Crippen LogP contribution is -2.33. The van der Waals surface area contributed by atoms with Crippen molar-refractivity contribution in [3.05, 3.63) is 12.8 Å². The molecule has 0 aromatic carbocycles. The third-order valence-electron chi connectivity index (χ3n) is 0. The van der Waals surface area contributed by atoms with Gasteiger partial charge in [-0.1, -0.05) is 6.58 Å². The summed E-state index contributed by atoms with van der Waals surface area (Å²) in [7, 11) is -4.61. The molecule has 0 heterocycles. The van der Waals surface area contributed by atoms with Crippen LogP contribution in [-0.2, 0) is 0 Å². The molecule has 0 unspecified atom stereocenters. The molecule has 0 aromatic heterocycles. The van der Waals surface area contributed by atoms with E-state index in [1.54, 1.807) is 0 Å². The first kappa shape index (κ1) is 10.6. The first-order valence-electron chi connectivity index (χ1n) is 1.56. The molecular weight excluding hydrogens is 132 g/mol. The van der Waals surface area contributed by atoms with Crippen LogP contribution >= 0.6 is 0 Å². The van der Waals surface area contributed by atoms with E-state index < -0.39 is 9.05 Å². The maximum atomic E-state index is 7.33. The number of rotatable bonds is 0. The Kier molecular flexibility index (Phi) is 6.26. The van der Waals surface area contributed by atoms with Gasteiger partial charge in [0.2, 0.25) is 0 Å². The van der Waals surface area contributed by atoms with Crippen LogP contribution in [0.2, 0.25) is 0 Å². The van der Waals surface area contributed by atoms with Gasteiger partial charge in [0, 0.05) is 0 Å². The second-order valence-electron chi connectivity index (χ2n) is 0.783. The Morgan fingerprint density at radius 1 is 1.12 bits per heavy atom. The van der Waals surface area contributed by atoms with E-state index in [0.717, 1.165) is 6.26 Å². The van der Waals surface area contributed by atoms with Gasteiger partial charge in [0.05, 0.1) is 6.26 Å². The van der Waals surface area contributed by atoms with Gasteiger partial charge in [-0.3, -0.25) is 0 Å². The summed E-state index contributed by atoms with van der Waals surface area (Å²) in [4.78, 5) is 29.3. The van der Waals surface area contributed by atoms with Crippen molar-refractivity contribution < 1.29 is 24.3 Å². The topological polar surface area (TPSA) is 101 Å². The van der Waals surface area contributed by atoms with Crippen LogP contribution in [0.15, 0.2) is 12.8 Å². The Labute approximate surface area is 47.3 Å². The van der Waals surface area contributed by atoms with Gasteiger partial charge in [-0.15, -0.1) is 0 Å². The van der Waals surface area contributed by atoms with Crippen LogP contribution in [0.25, 0.3) is 0 Å². The van der Waals surface area contributed by atoms with E-state index in [1.165, 1.54) is 0 Å². The third-order valence-corrected chi connectivity index (χ3v) is 0. The van der Waals surface area contributed by atoms with Crippen LogP contribution in [-0.4, -0.2) is 33.3 Å². The molecule has 0 amide bonds. The molecule has 5 N–H and O–H groups in total. The summed E-state index contributed by atoms with van der Waals surface area (Å²) in [6, 6.07) is 0. The maximum Gasteiger partial charge on any atom is 0.668 e. The number of hydrogen-bond donors (Lipinski definition) is 5. The molecule has 0 spiro atoms. The zero-order valence-corrected chi connectivity index (χ0v) is 5.02. The van der Waals surface area contributed by atoms with E-state index in [9.17, 15) is 0 Å². The predicted octanol–water partition coefficient (Wildman–Crippen LogP) is -1.92. The van der Waals surface area contributed by atoms with Crippen LogP contribution in [0.4, 0.5) is 0 Å². The summed E-state index contributed by atoms with van der Waals surface area (Å²) < 4.78 is 0. The van der Waals surface area contributed by atoms with Gasteiger partial charge in [0.15, 0.2) is 0 Å². The second-order valence-corrected chi connectivity index (χ2v) is 1.98. The lowest BCUT2D eigenvalue weighted by Gasteiger charge is -1.91. The van der Waals surface area contributed by atoms with Crippen molar-refractivity contribution in [1.29, 1.82) is 0 Å². The zero-order chi connectivity index (χ0) is 7.21. The average Bonchev–Trinajstić information content (AvgIpc) is 1.27. The minimum atomic E-state index is -4.61. The Hall–Kier alpha value is -0.403. The summed E-state index contributed by atoms with van der Waals surface area (Å²) >= 11 is 0. The quantitative estimate of drug-likeness (QED) is 0.199. The van der Waals surface area contributed by atoms with Gasteiger partial charge in [-0.05, 0) is 0 Å². The fourth-order valence-electron chi connectivity index (χ4n) is 0. The fourth-order valence-corrected chi connectivity index (χ4v) is 0. The van der Waals surface area contributed by atoms with E-state index >= 15 is 0 Å². The molecule has 0 radical (unpaired) electrons. The minimum Gasteiger partial charge on any atom is -0.516 e. The summed E-state index contributed by atoms with van der Waals surface area (Å²) in [6.45, 7) is 2.92. The van der Waals surface area contributed by atoms with Crippen molar-refractivity contribution in [3.8, 4) is 0 Å². The summed E-state index contributed by atoms with van der Waals surface area (Å²) in [5.41, 5.74) is 0. The first-order chi connectivity index (χ1) is 3.41. The Bertz CT molecular complexity index is 49.9. The molecular formula is C2H8O5Si. The molecule has 5 nitrogen and oxygen atoms in total. The van der Waals surface area contributed by atoms with Crippen molar-refractivity contribution in [1.82, 2.24) is 0 Å². The average molecular weight is 140 g/mol. The smallest absolute Gasteiger partial charge is 0.516 e. The SMILES string of the molecule is C=CO.O[Si](O)(O)O. The van der Waals surface area contributed by atoms with E-state index in [2.05, 4.69) is 6.58 Å². The summed E-state index contributed by atoms with van der Waals surface area (Å²) in [6.07, 6.45) is 0.750. The van der Waals surface area contributed by atoms with E-state index in [-0.39, 0.29) is 0 Å². The molecule has 0 aliphatic heterocycles. The van der Waals surface area contributed by atoms with Gasteiger partial charge in [0.1, 0.15) is 0 Å². The molecule has 0 aliphatic rings. The number of aliphatic hydroxyl groups is 1. The van der Waals surface area contributed by atoms with E-state index in [1.807, 2.05) is 0 Å². The lowest BCUT2D eigenvalue weighted by molar-refractivity contribution is 0.117. The second kappa shape index (κ2) is 4.75. The highest BCUT2D eigenvalue weighted by molar-refractivity contribution is 6.46. The summed E-state index contributed by atoms with van der Waals surface area (Å²) in [5.74, 6) is 0. The molecule has 6 heteroatoms. The van der Waals surface area contributed by atoms with E-state index in [0.29, 0.717) is 0 Å². The number of hydrogen-bond acceptors (Lipinski definition) is 5. The van der Waals surface area contributed by atoms with Gasteiger partial charge in [-0.25, -0.2) is 0 Å². The molecule has 0 saturated carbocycles. The van der Waals surface area contributed by atoms with Crippen LogP contribution in [0, 0.1) is 0 Å². The standard InChI is InChI=1S/C2H4O.H4O4Si/c1-2-3;1-5(2,3)4/h2-3H,1H2;1-4H. The van der Waals surface area contributed by atoms with Crippen molar-refractivity contribution in [2.45, 2.75) is 0 Å². The Morgan fingerprint density at radius 3 is 1.12 bits per heavy atom. The largest absolute Gasteiger partial charge is 0.668 e. The Balaban J connectivity index is 0. The minimum absolute atomic E-state index is 0.750. The highest BCUT2D eigenvalue weighted by atomic mass is 28.4. The molecule has 0 aliphatic carbocycles. The van der Waals surface area contributed by atoms with Crippen LogP contribution in [0.5, 0.6) is 0 Å². The summed E-state index contributed by atoms with van der Waals surface area (Å²) in [5, 5.41) is 7.33. The molecule has 0 aromatic rings. The molecule has 0 fully saturated rings. The normalized spacial score (nSPS) is 9.00. The monoisotopic (exact) mass is 140 g/mol. The predicted molar refractivity (Wildman–Crippen MR) is 27.5 cm³/mol. The Morgan fingerprint density at radius 2 is 1.12 bits per heavy atom. The molecule has 50 valence electrons. The van der Waals surface area contributed by atoms with Crippen molar-refractivity contribution in [3.63, 3.8) is 0 Å². The maximum absolute atomic E-state index is 7.33. The molecule has 8 heavy (non-hydrogen) atoms. The first-order valence-corrected chi connectivity index (χ1v) is 3.35. The van der Waals surface area contributed by atoms with Gasteiger partial charge in [0.25, 0.3) is 0 Å². The molecule has 0 rings (SSSR count). The highest BCUT2D eigenvalue weighted by Gasteiger charge is 2.22. The van der Waals surface area contributed by atoms with Gasteiger partial charge in [-0.2, -0.15) is 0 Å². The fraction of sp³-hybridized carbons (Fsp3) is 0. The molecule has 0 bridgehead atoms. The van der Waals surface area contributed by atoms with Gasteiger partial charge < -0.3 is 24.3 Å². The lowest BCUT2D eigenvalue weighted by atomic mass is 11.2. The van der Waals surface area contributed by atoms with Crippen LogP contribution in [0.1, 0.15) is 0 Å². The number of aliphatic hydroxyl groups excluding tert-OH is 1. The molecule has 0 saturated heterocycles. The zero-order valence-electron chi connectivity index (χ0n) is 4.02. The van der Waals surface area contributed by atoms with Crippen molar-refractivity contribution >= 4 is 9.05 Å². The molecule has 0 atom stereocenters. The van der Waals surface area contributed by atoms with Crippen LogP contribution in [0.3, 0.4) is 0 Å². The van der Waals surface area contributed by atoms with Crippen LogP contribution < -0.4 is 0 Å². The van der Waals surface area contributed by atoms with Gasteiger partial charge >= 0.3 is 9.05 Å². The van der Waals surface area contributed by atoms with Crippen molar-refractivity contribution in [2.24, 2.45) is 0 Å². The van der Waals surface area contributed by atoms with E-state index in [4.69, 9.17) is 24.3 Å².